The molecule has 1 saturated carbocycles. The number of rotatable bonds is 3. The van der Waals surface area contributed by atoms with Crippen molar-refractivity contribution in [3.05, 3.63) is 46.6 Å². The van der Waals surface area contributed by atoms with Gasteiger partial charge in [0.15, 0.2) is 0 Å². The molecule has 0 spiro atoms. The fourth-order valence-electron chi connectivity index (χ4n) is 1.61. The van der Waals surface area contributed by atoms with Crippen molar-refractivity contribution in [3.8, 4) is 11.6 Å². The van der Waals surface area contributed by atoms with Gasteiger partial charge in [-0.2, -0.15) is 4.98 Å². The number of hydrogen-bond donors (Lipinski definition) is 0. The highest BCUT2D eigenvalue weighted by molar-refractivity contribution is 9.10. The normalized spacial score (nSPS) is 14.6. The molecule has 5 heteroatoms. The smallest absolute Gasteiger partial charge is 0.223 e. The van der Waals surface area contributed by atoms with Crippen molar-refractivity contribution in [1.29, 1.82) is 0 Å². The Morgan fingerprint density at radius 1 is 1.17 bits per heavy atom. The van der Waals surface area contributed by atoms with E-state index in [2.05, 4.69) is 25.9 Å². The predicted molar refractivity (Wildman–Crippen MR) is 68.2 cm³/mol. The highest BCUT2D eigenvalue weighted by atomic mass is 79.9. The average Bonchev–Trinajstić information content (AvgIpc) is 3.15. The molecule has 1 heterocycles. The highest BCUT2D eigenvalue weighted by Gasteiger charge is 2.27. The Hall–Kier alpha value is -1.49. The quantitative estimate of drug-likeness (QED) is 0.802. The molecule has 0 amide bonds. The van der Waals surface area contributed by atoms with Gasteiger partial charge in [-0.05, 0) is 53.0 Å². The van der Waals surface area contributed by atoms with Crippen LogP contribution >= 0.6 is 15.9 Å². The zero-order chi connectivity index (χ0) is 12.5. The van der Waals surface area contributed by atoms with Crippen molar-refractivity contribution in [1.82, 2.24) is 9.97 Å². The van der Waals surface area contributed by atoms with Crippen LogP contribution < -0.4 is 4.74 Å². The molecular weight excluding hydrogens is 299 g/mol. The van der Waals surface area contributed by atoms with Crippen LogP contribution in [0.4, 0.5) is 4.39 Å². The molecule has 0 radical (unpaired) electrons. The van der Waals surface area contributed by atoms with Gasteiger partial charge < -0.3 is 4.74 Å². The number of benzene rings is 1. The number of halogens is 2. The standard InChI is InChI=1S/C13H10BrFN2O/c14-11-7-12(17-13(16-11)8-1-2-8)18-10-5-3-9(15)4-6-10/h3-8H,1-2H2. The maximum Gasteiger partial charge on any atom is 0.223 e. The van der Waals surface area contributed by atoms with Crippen molar-refractivity contribution >= 4 is 15.9 Å². The van der Waals surface area contributed by atoms with Crippen LogP contribution in [0, 0.1) is 5.82 Å². The molecule has 1 aromatic heterocycles. The SMILES string of the molecule is Fc1ccc(Oc2cc(Br)nc(C3CC3)n2)cc1. The third-order valence-corrected chi connectivity index (χ3v) is 3.07. The van der Waals surface area contributed by atoms with Crippen LogP contribution in [0.3, 0.4) is 0 Å². The van der Waals surface area contributed by atoms with E-state index < -0.39 is 0 Å². The molecule has 0 N–H and O–H groups in total. The van der Waals surface area contributed by atoms with Gasteiger partial charge in [0.05, 0.1) is 0 Å². The van der Waals surface area contributed by atoms with Crippen LogP contribution in [0.25, 0.3) is 0 Å². The minimum Gasteiger partial charge on any atom is -0.439 e. The van der Waals surface area contributed by atoms with Gasteiger partial charge in [0.25, 0.3) is 0 Å². The minimum atomic E-state index is -0.287. The second kappa shape index (κ2) is 4.65. The molecule has 0 bridgehead atoms. The van der Waals surface area contributed by atoms with E-state index in [4.69, 9.17) is 4.74 Å². The lowest BCUT2D eigenvalue weighted by atomic mass is 10.3. The Morgan fingerprint density at radius 3 is 2.56 bits per heavy atom. The van der Waals surface area contributed by atoms with Crippen LogP contribution in [-0.2, 0) is 0 Å². The van der Waals surface area contributed by atoms with Crippen LogP contribution in [0.2, 0.25) is 0 Å². The Bertz CT molecular complexity index is 570. The lowest BCUT2D eigenvalue weighted by Gasteiger charge is -2.06. The van der Waals surface area contributed by atoms with Gasteiger partial charge in [0, 0.05) is 12.0 Å². The van der Waals surface area contributed by atoms with Gasteiger partial charge in [-0.3, -0.25) is 0 Å². The highest BCUT2D eigenvalue weighted by Crippen LogP contribution is 2.39. The van der Waals surface area contributed by atoms with E-state index in [1.54, 1.807) is 18.2 Å². The average molecular weight is 309 g/mol. The lowest BCUT2D eigenvalue weighted by molar-refractivity contribution is 0.456. The van der Waals surface area contributed by atoms with Crippen LogP contribution in [-0.4, -0.2) is 9.97 Å². The van der Waals surface area contributed by atoms with Gasteiger partial charge in [-0.1, -0.05) is 0 Å². The summed E-state index contributed by atoms with van der Waals surface area (Å²) >= 11 is 3.34. The zero-order valence-corrected chi connectivity index (χ0v) is 11.0. The predicted octanol–water partition coefficient (Wildman–Crippen LogP) is 4.05. The summed E-state index contributed by atoms with van der Waals surface area (Å²) in [5, 5.41) is 0. The first-order chi connectivity index (χ1) is 8.70. The first-order valence-electron chi connectivity index (χ1n) is 5.68. The summed E-state index contributed by atoms with van der Waals surface area (Å²) in [5.74, 6) is 2.01. The molecule has 0 aliphatic heterocycles. The van der Waals surface area contributed by atoms with E-state index in [0.717, 1.165) is 18.7 Å². The third kappa shape index (κ3) is 2.67. The van der Waals surface area contributed by atoms with Gasteiger partial charge in [-0.15, -0.1) is 0 Å². The molecule has 1 aromatic carbocycles. The first-order valence-corrected chi connectivity index (χ1v) is 6.48. The molecule has 3 rings (SSSR count). The summed E-state index contributed by atoms with van der Waals surface area (Å²) in [4.78, 5) is 8.67. The summed E-state index contributed by atoms with van der Waals surface area (Å²) in [5.41, 5.74) is 0. The Labute approximate surface area is 112 Å². The van der Waals surface area contributed by atoms with E-state index in [9.17, 15) is 4.39 Å². The van der Waals surface area contributed by atoms with Crippen LogP contribution in [0.15, 0.2) is 34.9 Å². The molecule has 3 nitrogen and oxygen atoms in total. The van der Waals surface area contributed by atoms with E-state index in [-0.39, 0.29) is 5.82 Å². The van der Waals surface area contributed by atoms with Crippen molar-refractivity contribution in [2.45, 2.75) is 18.8 Å². The largest absolute Gasteiger partial charge is 0.439 e. The topological polar surface area (TPSA) is 35.0 Å². The number of ether oxygens (including phenoxy) is 1. The molecule has 18 heavy (non-hydrogen) atoms. The monoisotopic (exact) mass is 308 g/mol. The van der Waals surface area contributed by atoms with E-state index in [1.807, 2.05) is 0 Å². The molecule has 0 unspecified atom stereocenters. The molecule has 0 atom stereocenters. The Morgan fingerprint density at radius 2 is 1.89 bits per heavy atom. The van der Waals surface area contributed by atoms with Gasteiger partial charge >= 0.3 is 0 Å². The number of nitrogens with zero attached hydrogens (tertiary/aromatic N) is 2. The molecule has 0 saturated heterocycles. The minimum absolute atomic E-state index is 0.287. The van der Waals surface area contributed by atoms with Gasteiger partial charge in [0.2, 0.25) is 5.88 Å². The fraction of sp³-hybridized carbons (Fsp3) is 0.231. The Balaban J connectivity index is 1.85. The van der Waals surface area contributed by atoms with Crippen molar-refractivity contribution in [3.63, 3.8) is 0 Å². The van der Waals surface area contributed by atoms with E-state index in [0.29, 0.717) is 22.2 Å². The van der Waals surface area contributed by atoms with E-state index in [1.165, 1.54) is 12.1 Å². The maximum absolute atomic E-state index is 12.8. The van der Waals surface area contributed by atoms with Gasteiger partial charge in [0.1, 0.15) is 22.0 Å². The van der Waals surface area contributed by atoms with Crippen molar-refractivity contribution in [2.24, 2.45) is 0 Å². The summed E-state index contributed by atoms with van der Waals surface area (Å²) < 4.78 is 19.1. The van der Waals surface area contributed by atoms with Crippen molar-refractivity contribution in [2.75, 3.05) is 0 Å². The fourth-order valence-corrected chi connectivity index (χ4v) is 1.99. The molecule has 1 fully saturated rings. The first kappa shape index (κ1) is 11.6. The summed E-state index contributed by atoms with van der Waals surface area (Å²) in [7, 11) is 0. The molecule has 1 aliphatic carbocycles. The van der Waals surface area contributed by atoms with Gasteiger partial charge in [-0.25, -0.2) is 9.37 Å². The third-order valence-electron chi connectivity index (χ3n) is 2.67. The summed E-state index contributed by atoms with van der Waals surface area (Å²) in [6.07, 6.45) is 2.26. The second-order valence-corrected chi connectivity index (χ2v) is 5.03. The summed E-state index contributed by atoms with van der Waals surface area (Å²) in [6.45, 7) is 0. The number of hydrogen-bond acceptors (Lipinski definition) is 3. The number of aromatic nitrogens is 2. The maximum atomic E-state index is 12.8. The van der Waals surface area contributed by atoms with E-state index >= 15 is 0 Å². The molecule has 2 aromatic rings. The van der Waals surface area contributed by atoms with Crippen LogP contribution in [0.5, 0.6) is 11.6 Å². The lowest BCUT2D eigenvalue weighted by Crippen LogP contribution is -1.96. The van der Waals surface area contributed by atoms with Crippen LogP contribution in [0.1, 0.15) is 24.6 Å². The molecule has 92 valence electrons. The second-order valence-electron chi connectivity index (χ2n) is 4.22. The summed E-state index contributed by atoms with van der Waals surface area (Å²) in [6, 6.07) is 7.56. The molecular formula is C13H10BrFN2O. The van der Waals surface area contributed by atoms with Crippen molar-refractivity contribution < 1.29 is 9.13 Å². The zero-order valence-electron chi connectivity index (χ0n) is 9.44. The molecule has 1 aliphatic rings. The Kier molecular flexibility index (Phi) is 2.99.